The molecule has 26 heavy (non-hydrogen) atoms. The molecule has 0 fully saturated rings. The van der Waals surface area contributed by atoms with Crippen molar-refractivity contribution in [1.82, 2.24) is 20.2 Å². The minimum atomic E-state index is -0.988. The van der Waals surface area contributed by atoms with Crippen LogP contribution in [-0.2, 0) is 9.53 Å². The van der Waals surface area contributed by atoms with E-state index in [0.717, 1.165) is 0 Å². The van der Waals surface area contributed by atoms with Gasteiger partial charge in [-0.1, -0.05) is 23.7 Å². The van der Waals surface area contributed by atoms with E-state index in [1.165, 1.54) is 17.9 Å². The van der Waals surface area contributed by atoms with E-state index < -0.39 is 18.0 Å². The van der Waals surface area contributed by atoms with Gasteiger partial charge in [0, 0.05) is 0 Å². The van der Waals surface area contributed by atoms with Crippen molar-refractivity contribution in [3.63, 3.8) is 0 Å². The fourth-order valence-corrected chi connectivity index (χ4v) is 2.29. The molecule has 0 aliphatic carbocycles. The summed E-state index contributed by atoms with van der Waals surface area (Å²) in [6.45, 7) is 1.49. The quantitative estimate of drug-likeness (QED) is 0.692. The van der Waals surface area contributed by atoms with Gasteiger partial charge in [0.2, 0.25) is 0 Å². The molecule has 0 bridgehead atoms. The number of aromatic nitrogens is 4. The fourth-order valence-electron chi connectivity index (χ4n) is 2.11. The zero-order valence-electron chi connectivity index (χ0n) is 13.7. The van der Waals surface area contributed by atoms with Gasteiger partial charge in [0.05, 0.1) is 22.0 Å². The summed E-state index contributed by atoms with van der Waals surface area (Å²) in [7, 11) is 0. The first kappa shape index (κ1) is 17.6. The first-order valence-electron chi connectivity index (χ1n) is 7.64. The van der Waals surface area contributed by atoms with Gasteiger partial charge < -0.3 is 10.1 Å². The average Bonchev–Trinajstić information content (AvgIpc) is 3.18. The van der Waals surface area contributed by atoms with Gasteiger partial charge in [0.25, 0.3) is 5.91 Å². The summed E-state index contributed by atoms with van der Waals surface area (Å²) >= 11 is 5.99. The lowest BCUT2D eigenvalue weighted by molar-refractivity contribution is -0.123. The highest BCUT2D eigenvalue weighted by molar-refractivity contribution is 6.33. The molecule has 8 nitrogen and oxygen atoms in total. The molecule has 0 aliphatic rings. The van der Waals surface area contributed by atoms with Crippen molar-refractivity contribution < 1.29 is 14.3 Å². The number of carbonyl (C=O) groups is 2. The van der Waals surface area contributed by atoms with Crippen LogP contribution in [0.15, 0.2) is 54.9 Å². The van der Waals surface area contributed by atoms with E-state index in [0.29, 0.717) is 22.0 Å². The third-order valence-corrected chi connectivity index (χ3v) is 3.83. The number of para-hydroxylation sites is 1. The Morgan fingerprint density at radius 3 is 2.54 bits per heavy atom. The van der Waals surface area contributed by atoms with Gasteiger partial charge in [0.15, 0.2) is 6.10 Å². The molecule has 1 heterocycles. The van der Waals surface area contributed by atoms with Crippen molar-refractivity contribution in [2.24, 2.45) is 0 Å². The SMILES string of the molecule is C[C@H](OC(=O)c1ccc(-n2cnnn2)cc1)C(=O)Nc1ccccc1Cl. The predicted octanol–water partition coefficient (Wildman–Crippen LogP) is 2.50. The minimum Gasteiger partial charge on any atom is -0.449 e. The minimum absolute atomic E-state index is 0.305. The van der Waals surface area contributed by atoms with Gasteiger partial charge in [-0.15, -0.1) is 5.10 Å². The fraction of sp³-hybridized carbons (Fsp3) is 0.118. The van der Waals surface area contributed by atoms with Crippen molar-refractivity contribution in [2.45, 2.75) is 13.0 Å². The number of halogens is 1. The highest BCUT2D eigenvalue weighted by Gasteiger charge is 2.19. The van der Waals surface area contributed by atoms with Crippen molar-refractivity contribution in [3.8, 4) is 5.69 Å². The molecule has 0 saturated heterocycles. The van der Waals surface area contributed by atoms with Crippen LogP contribution in [0.2, 0.25) is 5.02 Å². The Morgan fingerprint density at radius 1 is 1.15 bits per heavy atom. The summed E-state index contributed by atoms with van der Waals surface area (Å²) in [4.78, 5) is 24.4. The molecule has 0 saturated carbocycles. The monoisotopic (exact) mass is 371 g/mol. The number of nitrogens with one attached hydrogen (secondary N) is 1. The molecule has 1 N–H and O–H groups in total. The van der Waals surface area contributed by atoms with Gasteiger partial charge in [-0.05, 0) is 53.7 Å². The second-order valence-electron chi connectivity index (χ2n) is 5.32. The van der Waals surface area contributed by atoms with E-state index in [1.807, 2.05) is 0 Å². The Hall–Kier alpha value is -3.26. The van der Waals surface area contributed by atoms with Crippen LogP contribution in [-0.4, -0.2) is 38.2 Å². The molecule has 0 spiro atoms. The summed E-state index contributed by atoms with van der Waals surface area (Å²) in [5.41, 5.74) is 1.45. The number of amides is 1. The van der Waals surface area contributed by atoms with Gasteiger partial charge in [-0.25, -0.2) is 9.48 Å². The van der Waals surface area contributed by atoms with Gasteiger partial charge in [-0.3, -0.25) is 4.79 Å². The summed E-state index contributed by atoms with van der Waals surface area (Å²) in [5.74, 6) is -1.09. The normalized spacial score (nSPS) is 11.6. The summed E-state index contributed by atoms with van der Waals surface area (Å²) < 4.78 is 6.65. The Kier molecular flexibility index (Phi) is 5.23. The number of hydrogen-bond acceptors (Lipinski definition) is 6. The maximum absolute atomic E-state index is 12.2. The second kappa shape index (κ2) is 7.75. The van der Waals surface area contributed by atoms with Crippen molar-refractivity contribution >= 4 is 29.2 Å². The number of hydrogen-bond donors (Lipinski definition) is 1. The lowest BCUT2D eigenvalue weighted by atomic mass is 10.2. The lowest BCUT2D eigenvalue weighted by Crippen LogP contribution is -2.30. The van der Waals surface area contributed by atoms with Gasteiger partial charge in [0.1, 0.15) is 6.33 Å². The number of anilines is 1. The Morgan fingerprint density at radius 2 is 1.88 bits per heavy atom. The van der Waals surface area contributed by atoms with Crippen molar-refractivity contribution in [2.75, 3.05) is 5.32 Å². The highest BCUT2D eigenvalue weighted by atomic mass is 35.5. The second-order valence-corrected chi connectivity index (χ2v) is 5.73. The molecule has 0 unspecified atom stereocenters. The lowest BCUT2D eigenvalue weighted by Gasteiger charge is -2.14. The molecule has 9 heteroatoms. The van der Waals surface area contributed by atoms with Crippen LogP contribution in [0, 0.1) is 0 Å². The van der Waals surface area contributed by atoms with E-state index in [2.05, 4.69) is 20.8 Å². The zero-order valence-corrected chi connectivity index (χ0v) is 14.4. The van der Waals surface area contributed by atoms with E-state index >= 15 is 0 Å². The topological polar surface area (TPSA) is 99.0 Å². The van der Waals surface area contributed by atoms with Gasteiger partial charge in [-0.2, -0.15) is 0 Å². The first-order valence-corrected chi connectivity index (χ1v) is 8.02. The molecule has 0 radical (unpaired) electrons. The third-order valence-electron chi connectivity index (χ3n) is 3.50. The molecular weight excluding hydrogens is 358 g/mol. The maximum Gasteiger partial charge on any atom is 0.338 e. The van der Waals surface area contributed by atoms with Crippen LogP contribution in [0.25, 0.3) is 5.69 Å². The Balaban J connectivity index is 1.61. The van der Waals surface area contributed by atoms with E-state index in [9.17, 15) is 9.59 Å². The number of esters is 1. The first-order chi connectivity index (χ1) is 12.5. The van der Waals surface area contributed by atoms with Crippen molar-refractivity contribution in [3.05, 3.63) is 65.4 Å². The number of tetrazole rings is 1. The van der Waals surface area contributed by atoms with Crippen LogP contribution in [0.5, 0.6) is 0 Å². The molecule has 3 aromatic rings. The molecule has 1 aromatic heterocycles. The summed E-state index contributed by atoms with van der Waals surface area (Å²) in [6, 6.07) is 13.3. The van der Waals surface area contributed by atoms with Crippen LogP contribution in [0.4, 0.5) is 5.69 Å². The third kappa shape index (κ3) is 4.04. The highest BCUT2D eigenvalue weighted by Crippen LogP contribution is 2.20. The molecule has 1 atom stereocenters. The number of ether oxygens (including phenoxy) is 1. The van der Waals surface area contributed by atoms with Crippen LogP contribution in [0.1, 0.15) is 17.3 Å². The Labute approximate surface area is 153 Å². The molecule has 2 aromatic carbocycles. The molecule has 132 valence electrons. The van der Waals surface area contributed by atoms with Crippen LogP contribution in [0.3, 0.4) is 0 Å². The molecule has 3 rings (SSSR count). The van der Waals surface area contributed by atoms with Crippen LogP contribution < -0.4 is 5.32 Å². The van der Waals surface area contributed by atoms with E-state index in [4.69, 9.17) is 16.3 Å². The van der Waals surface area contributed by atoms with E-state index in [-0.39, 0.29) is 0 Å². The standard InChI is InChI=1S/C17H14ClN5O3/c1-11(16(24)20-15-5-3-2-4-14(15)18)26-17(25)12-6-8-13(9-7-12)23-10-19-21-22-23/h2-11H,1H3,(H,20,24)/t11-/m0/s1. The summed E-state index contributed by atoms with van der Waals surface area (Å²) in [6.07, 6.45) is 0.451. The molecular formula is C17H14ClN5O3. The maximum atomic E-state index is 12.2. The number of carbonyl (C=O) groups excluding carboxylic acids is 2. The van der Waals surface area contributed by atoms with Gasteiger partial charge >= 0.3 is 5.97 Å². The summed E-state index contributed by atoms with van der Waals surface area (Å²) in [5, 5.41) is 13.9. The smallest absolute Gasteiger partial charge is 0.338 e. The van der Waals surface area contributed by atoms with E-state index in [1.54, 1.807) is 48.5 Å². The average molecular weight is 372 g/mol. The largest absolute Gasteiger partial charge is 0.449 e. The Bertz CT molecular complexity index is 912. The van der Waals surface area contributed by atoms with Crippen LogP contribution >= 0.6 is 11.6 Å². The number of nitrogens with zero attached hydrogens (tertiary/aromatic N) is 4. The van der Waals surface area contributed by atoms with Crippen molar-refractivity contribution in [1.29, 1.82) is 0 Å². The number of benzene rings is 2. The molecule has 1 amide bonds. The molecule has 0 aliphatic heterocycles. The zero-order chi connectivity index (χ0) is 18.5. The predicted molar refractivity (Wildman–Crippen MR) is 94.1 cm³/mol. The number of rotatable bonds is 5.